The minimum atomic E-state index is -0.263. The number of nitrogens with one attached hydrogen (secondary N) is 1. The molecule has 0 bridgehead atoms. The summed E-state index contributed by atoms with van der Waals surface area (Å²) in [5.41, 5.74) is 0. The van der Waals surface area contributed by atoms with Gasteiger partial charge in [0.05, 0.1) is 18.8 Å². The topological polar surface area (TPSA) is 56.5 Å². The van der Waals surface area contributed by atoms with Crippen LogP contribution in [0.1, 0.15) is 18.6 Å². The lowest BCUT2D eigenvalue weighted by atomic mass is 10.3. The van der Waals surface area contributed by atoms with E-state index < -0.39 is 0 Å². The molecule has 0 aliphatic heterocycles. The number of hydrogen-bond acceptors (Lipinski definition) is 5. The molecule has 1 aromatic rings. The van der Waals surface area contributed by atoms with Crippen molar-refractivity contribution in [2.75, 3.05) is 14.2 Å². The minimum Gasteiger partial charge on any atom is -0.445 e. The van der Waals surface area contributed by atoms with E-state index >= 15 is 0 Å². The predicted molar refractivity (Wildman–Crippen MR) is 55.3 cm³/mol. The summed E-state index contributed by atoms with van der Waals surface area (Å²) in [6.07, 6.45) is 1.44. The van der Waals surface area contributed by atoms with Crippen LogP contribution in [0.25, 0.3) is 0 Å². The SMILES string of the molecule is COC(OC)C(C)NCc1ncc(C)o1. The fourth-order valence-electron chi connectivity index (χ4n) is 1.33. The number of methoxy groups -OCH3 is 2. The first kappa shape index (κ1) is 12.2. The molecule has 0 saturated heterocycles. The molecule has 0 aromatic carbocycles. The van der Waals surface area contributed by atoms with Crippen LogP contribution in [-0.4, -0.2) is 31.5 Å². The van der Waals surface area contributed by atoms with Crippen molar-refractivity contribution in [2.24, 2.45) is 0 Å². The lowest BCUT2D eigenvalue weighted by Gasteiger charge is -2.21. The highest BCUT2D eigenvalue weighted by Gasteiger charge is 2.15. The van der Waals surface area contributed by atoms with Crippen molar-refractivity contribution in [1.82, 2.24) is 10.3 Å². The maximum atomic E-state index is 5.33. The Kier molecular flexibility index (Phi) is 4.74. The molecule has 0 aliphatic carbocycles. The van der Waals surface area contributed by atoms with E-state index in [1.807, 2.05) is 13.8 Å². The van der Waals surface area contributed by atoms with Gasteiger partial charge in [0.15, 0.2) is 6.29 Å². The van der Waals surface area contributed by atoms with Gasteiger partial charge < -0.3 is 19.2 Å². The molecule has 0 saturated carbocycles. The number of nitrogens with zero attached hydrogens (tertiary/aromatic N) is 1. The molecule has 0 spiro atoms. The van der Waals surface area contributed by atoms with E-state index in [2.05, 4.69) is 10.3 Å². The third-order valence-corrected chi connectivity index (χ3v) is 2.12. The van der Waals surface area contributed by atoms with Crippen LogP contribution in [0, 0.1) is 6.92 Å². The largest absolute Gasteiger partial charge is 0.445 e. The zero-order chi connectivity index (χ0) is 11.3. The Labute approximate surface area is 89.8 Å². The van der Waals surface area contributed by atoms with Gasteiger partial charge in [0, 0.05) is 14.2 Å². The van der Waals surface area contributed by atoms with E-state index in [0.29, 0.717) is 12.4 Å². The number of aryl methyl sites for hydroxylation is 1. The zero-order valence-corrected chi connectivity index (χ0v) is 9.61. The van der Waals surface area contributed by atoms with Gasteiger partial charge in [0.1, 0.15) is 5.76 Å². The standard InChI is InChI=1S/C10H18N2O3/c1-7-5-12-9(15-7)6-11-8(2)10(13-3)14-4/h5,8,10-11H,6H2,1-4H3. The van der Waals surface area contributed by atoms with E-state index in [1.54, 1.807) is 20.4 Å². The van der Waals surface area contributed by atoms with E-state index in [9.17, 15) is 0 Å². The first-order valence-corrected chi connectivity index (χ1v) is 4.87. The van der Waals surface area contributed by atoms with Crippen LogP contribution >= 0.6 is 0 Å². The fraction of sp³-hybridized carbons (Fsp3) is 0.700. The second kappa shape index (κ2) is 5.85. The third kappa shape index (κ3) is 3.62. The number of ether oxygens (including phenoxy) is 2. The molecule has 0 amide bonds. The zero-order valence-electron chi connectivity index (χ0n) is 9.61. The average molecular weight is 214 g/mol. The lowest BCUT2D eigenvalue weighted by molar-refractivity contribution is -0.119. The Balaban J connectivity index is 2.36. The van der Waals surface area contributed by atoms with E-state index in [1.165, 1.54) is 0 Å². The highest BCUT2D eigenvalue weighted by atomic mass is 16.7. The Morgan fingerprint density at radius 2 is 2.13 bits per heavy atom. The van der Waals surface area contributed by atoms with Gasteiger partial charge in [0.2, 0.25) is 5.89 Å². The number of oxazole rings is 1. The lowest BCUT2D eigenvalue weighted by Crippen LogP contribution is -2.39. The Morgan fingerprint density at radius 1 is 1.47 bits per heavy atom. The molecule has 5 heteroatoms. The van der Waals surface area contributed by atoms with E-state index in [-0.39, 0.29) is 12.3 Å². The summed E-state index contributed by atoms with van der Waals surface area (Å²) in [5.74, 6) is 1.49. The maximum Gasteiger partial charge on any atom is 0.208 e. The van der Waals surface area contributed by atoms with Crippen molar-refractivity contribution >= 4 is 0 Å². The molecule has 1 atom stereocenters. The Hall–Kier alpha value is -0.910. The molecular formula is C10H18N2O3. The van der Waals surface area contributed by atoms with Crippen molar-refractivity contribution in [3.8, 4) is 0 Å². The number of rotatable bonds is 6. The van der Waals surface area contributed by atoms with Gasteiger partial charge in [-0.2, -0.15) is 0 Å². The fourth-order valence-corrected chi connectivity index (χ4v) is 1.33. The summed E-state index contributed by atoms with van der Waals surface area (Å²) in [6.45, 7) is 4.42. The van der Waals surface area contributed by atoms with Crippen molar-refractivity contribution in [2.45, 2.75) is 32.7 Å². The molecule has 1 heterocycles. The molecule has 1 N–H and O–H groups in total. The molecule has 1 rings (SSSR count). The van der Waals surface area contributed by atoms with Crippen LogP contribution in [0.15, 0.2) is 10.6 Å². The van der Waals surface area contributed by atoms with Crippen LogP contribution < -0.4 is 5.32 Å². The highest BCUT2D eigenvalue weighted by Crippen LogP contribution is 2.03. The Morgan fingerprint density at radius 3 is 2.60 bits per heavy atom. The predicted octanol–water partition coefficient (Wildman–Crippen LogP) is 1.08. The summed E-state index contributed by atoms with van der Waals surface area (Å²) < 4.78 is 15.6. The highest BCUT2D eigenvalue weighted by molar-refractivity contribution is 4.90. The molecule has 1 unspecified atom stereocenters. The monoisotopic (exact) mass is 214 g/mol. The van der Waals surface area contributed by atoms with Crippen molar-refractivity contribution in [3.63, 3.8) is 0 Å². The summed E-state index contributed by atoms with van der Waals surface area (Å²) >= 11 is 0. The average Bonchev–Trinajstić information content (AvgIpc) is 2.63. The van der Waals surface area contributed by atoms with E-state index in [4.69, 9.17) is 13.9 Å². The molecule has 0 fully saturated rings. The van der Waals surface area contributed by atoms with Crippen molar-refractivity contribution < 1.29 is 13.9 Å². The van der Waals surface area contributed by atoms with Gasteiger partial charge in [-0.25, -0.2) is 4.98 Å². The van der Waals surface area contributed by atoms with Gasteiger partial charge in [-0.3, -0.25) is 0 Å². The van der Waals surface area contributed by atoms with E-state index in [0.717, 1.165) is 5.76 Å². The second-order valence-electron chi connectivity index (χ2n) is 3.37. The molecule has 86 valence electrons. The van der Waals surface area contributed by atoms with Crippen LogP contribution in [0.4, 0.5) is 0 Å². The van der Waals surface area contributed by atoms with Crippen LogP contribution in [0.5, 0.6) is 0 Å². The Bertz CT molecular complexity index is 284. The number of hydrogen-bond donors (Lipinski definition) is 1. The maximum absolute atomic E-state index is 5.33. The van der Waals surface area contributed by atoms with Crippen LogP contribution in [0.2, 0.25) is 0 Å². The van der Waals surface area contributed by atoms with Gasteiger partial charge in [0.25, 0.3) is 0 Å². The normalized spacial score (nSPS) is 13.4. The van der Waals surface area contributed by atoms with Crippen LogP contribution in [0.3, 0.4) is 0 Å². The summed E-state index contributed by atoms with van der Waals surface area (Å²) in [5, 5.41) is 3.21. The quantitative estimate of drug-likeness (QED) is 0.718. The third-order valence-electron chi connectivity index (χ3n) is 2.12. The molecule has 1 aromatic heterocycles. The first-order chi connectivity index (χ1) is 7.17. The van der Waals surface area contributed by atoms with Gasteiger partial charge in [-0.1, -0.05) is 0 Å². The smallest absolute Gasteiger partial charge is 0.208 e. The summed E-state index contributed by atoms with van der Waals surface area (Å²) in [6, 6.07) is 0.0761. The minimum absolute atomic E-state index is 0.0761. The molecule has 5 nitrogen and oxygen atoms in total. The summed E-state index contributed by atoms with van der Waals surface area (Å²) in [7, 11) is 3.23. The van der Waals surface area contributed by atoms with Crippen molar-refractivity contribution in [1.29, 1.82) is 0 Å². The van der Waals surface area contributed by atoms with Crippen molar-refractivity contribution in [3.05, 3.63) is 17.8 Å². The summed E-state index contributed by atoms with van der Waals surface area (Å²) in [4.78, 5) is 4.09. The molecular weight excluding hydrogens is 196 g/mol. The first-order valence-electron chi connectivity index (χ1n) is 4.87. The van der Waals surface area contributed by atoms with Gasteiger partial charge in [-0.05, 0) is 13.8 Å². The van der Waals surface area contributed by atoms with Gasteiger partial charge >= 0.3 is 0 Å². The second-order valence-corrected chi connectivity index (χ2v) is 3.37. The molecule has 15 heavy (non-hydrogen) atoms. The molecule has 0 radical (unpaired) electrons. The number of aromatic nitrogens is 1. The van der Waals surface area contributed by atoms with Crippen LogP contribution in [-0.2, 0) is 16.0 Å². The van der Waals surface area contributed by atoms with Gasteiger partial charge in [-0.15, -0.1) is 0 Å². The molecule has 0 aliphatic rings.